The fraction of sp³-hybridized carbons (Fsp3) is 0.533. The van der Waals surface area contributed by atoms with Gasteiger partial charge in [0.05, 0.1) is 12.1 Å². The SMILES string of the molecule is CCCCC(=O)Nc1sc2c(c1C(=O)O)CCN(C(C)=O)C2. The molecule has 6 nitrogen and oxygen atoms in total. The average Bonchev–Trinajstić information content (AvgIpc) is 2.81. The number of anilines is 1. The average molecular weight is 324 g/mol. The molecule has 2 amide bonds. The van der Waals surface area contributed by atoms with Gasteiger partial charge in [0, 0.05) is 24.8 Å². The van der Waals surface area contributed by atoms with Gasteiger partial charge >= 0.3 is 5.97 Å². The summed E-state index contributed by atoms with van der Waals surface area (Å²) in [7, 11) is 0. The Balaban J connectivity index is 2.26. The van der Waals surface area contributed by atoms with Crippen LogP contribution >= 0.6 is 11.3 Å². The van der Waals surface area contributed by atoms with Crippen molar-refractivity contribution in [2.24, 2.45) is 0 Å². The van der Waals surface area contributed by atoms with Gasteiger partial charge < -0.3 is 15.3 Å². The number of fused-ring (bicyclic) bond motifs is 1. The summed E-state index contributed by atoms with van der Waals surface area (Å²) in [6, 6.07) is 0. The molecular weight excluding hydrogens is 304 g/mol. The zero-order chi connectivity index (χ0) is 16.3. The topological polar surface area (TPSA) is 86.7 Å². The quantitative estimate of drug-likeness (QED) is 0.871. The fourth-order valence-corrected chi connectivity index (χ4v) is 3.78. The summed E-state index contributed by atoms with van der Waals surface area (Å²) in [5.74, 6) is -1.21. The molecule has 0 aromatic carbocycles. The molecule has 120 valence electrons. The molecule has 0 saturated carbocycles. The maximum absolute atomic E-state index is 11.9. The predicted molar refractivity (Wildman–Crippen MR) is 84.2 cm³/mol. The molecule has 1 aromatic heterocycles. The lowest BCUT2D eigenvalue weighted by Gasteiger charge is -2.25. The molecule has 2 N–H and O–H groups in total. The standard InChI is InChI=1S/C15H20N2O4S/c1-3-4-5-12(19)16-14-13(15(20)21)10-6-7-17(9(2)18)8-11(10)22-14/h3-8H2,1-2H3,(H,16,19)(H,20,21). The van der Waals surface area contributed by atoms with E-state index in [0.29, 0.717) is 30.9 Å². The first kappa shape index (κ1) is 16.5. The lowest BCUT2D eigenvalue weighted by molar-refractivity contribution is -0.129. The smallest absolute Gasteiger partial charge is 0.339 e. The van der Waals surface area contributed by atoms with E-state index in [9.17, 15) is 19.5 Å². The summed E-state index contributed by atoms with van der Waals surface area (Å²) >= 11 is 1.27. The summed E-state index contributed by atoms with van der Waals surface area (Å²) in [6.07, 6.45) is 2.58. The Labute approximate surface area is 133 Å². The lowest BCUT2D eigenvalue weighted by Crippen LogP contribution is -2.33. The van der Waals surface area contributed by atoms with Crippen molar-refractivity contribution >= 4 is 34.1 Å². The molecule has 1 aliphatic rings. The molecular formula is C15H20N2O4S. The van der Waals surface area contributed by atoms with E-state index in [1.165, 1.54) is 18.3 Å². The molecule has 2 heterocycles. The first-order chi connectivity index (χ1) is 10.4. The van der Waals surface area contributed by atoms with E-state index in [1.54, 1.807) is 4.90 Å². The number of unbranched alkanes of at least 4 members (excludes halogenated alkanes) is 1. The van der Waals surface area contributed by atoms with Crippen LogP contribution in [0.15, 0.2) is 0 Å². The molecule has 0 bridgehead atoms. The largest absolute Gasteiger partial charge is 0.478 e. The number of thiophene rings is 1. The molecule has 0 fully saturated rings. The van der Waals surface area contributed by atoms with E-state index >= 15 is 0 Å². The van der Waals surface area contributed by atoms with Crippen molar-refractivity contribution in [3.63, 3.8) is 0 Å². The maximum Gasteiger partial charge on any atom is 0.339 e. The normalized spacial score (nSPS) is 13.6. The van der Waals surface area contributed by atoms with Crippen LogP contribution in [0.4, 0.5) is 5.00 Å². The third-order valence-corrected chi connectivity index (χ3v) is 4.86. The minimum Gasteiger partial charge on any atom is -0.478 e. The van der Waals surface area contributed by atoms with Gasteiger partial charge in [-0.05, 0) is 18.4 Å². The first-order valence-corrected chi connectivity index (χ1v) is 8.18. The number of carboxylic acids is 1. The van der Waals surface area contributed by atoms with Crippen molar-refractivity contribution in [3.8, 4) is 0 Å². The van der Waals surface area contributed by atoms with Gasteiger partial charge in [0.2, 0.25) is 11.8 Å². The van der Waals surface area contributed by atoms with E-state index < -0.39 is 5.97 Å². The molecule has 0 atom stereocenters. The van der Waals surface area contributed by atoms with Gasteiger partial charge in [-0.25, -0.2) is 4.79 Å². The first-order valence-electron chi connectivity index (χ1n) is 7.37. The van der Waals surface area contributed by atoms with E-state index in [-0.39, 0.29) is 17.4 Å². The second-order valence-electron chi connectivity index (χ2n) is 5.36. The minimum absolute atomic E-state index is 0.0237. The highest BCUT2D eigenvalue weighted by atomic mass is 32.1. The Kier molecular flexibility index (Phi) is 5.18. The molecule has 0 aliphatic carbocycles. The van der Waals surface area contributed by atoms with Crippen LogP contribution in [-0.4, -0.2) is 34.3 Å². The Bertz CT molecular complexity index is 609. The highest BCUT2D eigenvalue weighted by molar-refractivity contribution is 7.17. The van der Waals surface area contributed by atoms with Crippen molar-refractivity contribution in [1.82, 2.24) is 4.90 Å². The molecule has 0 unspecified atom stereocenters. The van der Waals surface area contributed by atoms with Crippen LogP contribution in [0.3, 0.4) is 0 Å². The van der Waals surface area contributed by atoms with Crippen LogP contribution in [-0.2, 0) is 22.6 Å². The number of carbonyl (C=O) groups excluding carboxylic acids is 2. The van der Waals surface area contributed by atoms with Crippen molar-refractivity contribution in [3.05, 3.63) is 16.0 Å². The van der Waals surface area contributed by atoms with Crippen molar-refractivity contribution in [1.29, 1.82) is 0 Å². The summed E-state index contributed by atoms with van der Waals surface area (Å²) in [5, 5.41) is 12.6. The number of hydrogen-bond acceptors (Lipinski definition) is 4. The van der Waals surface area contributed by atoms with Gasteiger partial charge in [0.25, 0.3) is 0 Å². The Morgan fingerprint density at radius 3 is 2.68 bits per heavy atom. The number of carboxylic acid groups (broad SMARTS) is 1. The maximum atomic E-state index is 11.9. The van der Waals surface area contributed by atoms with Crippen LogP contribution in [0.5, 0.6) is 0 Å². The number of hydrogen-bond donors (Lipinski definition) is 2. The third kappa shape index (κ3) is 3.47. The number of aromatic carboxylic acids is 1. The fourth-order valence-electron chi connectivity index (χ4n) is 2.51. The van der Waals surface area contributed by atoms with Crippen molar-refractivity contribution in [2.45, 2.75) is 46.1 Å². The highest BCUT2D eigenvalue weighted by Crippen LogP contribution is 2.37. The van der Waals surface area contributed by atoms with Crippen molar-refractivity contribution < 1.29 is 19.5 Å². The summed E-state index contributed by atoms with van der Waals surface area (Å²) in [5.41, 5.74) is 0.939. The molecule has 0 spiro atoms. The van der Waals surface area contributed by atoms with E-state index in [1.807, 2.05) is 6.92 Å². The second-order valence-corrected chi connectivity index (χ2v) is 6.46. The number of carbonyl (C=O) groups is 3. The van der Waals surface area contributed by atoms with Crippen LogP contribution < -0.4 is 5.32 Å². The Morgan fingerprint density at radius 2 is 2.09 bits per heavy atom. The lowest BCUT2D eigenvalue weighted by atomic mass is 10.0. The van der Waals surface area contributed by atoms with Crippen molar-refractivity contribution in [2.75, 3.05) is 11.9 Å². The van der Waals surface area contributed by atoms with Crippen LogP contribution in [0.2, 0.25) is 0 Å². The zero-order valence-corrected chi connectivity index (χ0v) is 13.6. The van der Waals surface area contributed by atoms with Crippen LogP contribution in [0.25, 0.3) is 0 Å². The zero-order valence-electron chi connectivity index (χ0n) is 12.8. The second kappa shape index (κ2) is 6.91. The number of nitrogens with one attached hydrogen (secondary N) is 1. The minimum atomic E-state index is -1.03. The summed E-state index contributed by atoms with van der Waals surface area (Å²) in [4.78, 5) is 37.4. The van der Waals surface area contributed by atoms with Gasteiger partial charge in [0.1, 0.15) is 5.00 Å². The van der Waals surface area contributed by atoms with Crippen LogP contribution in [0.1, 0.15) is 53.9 Å². The van der Waals surface area contributed by atoms with Gasteiger partial charge in [0.15, 0.2) is 0 Å². The Hall–Kier alpha value is -1.89. The molecule has 2 rings (SSSR count). The molecule has 1 aromatic rings. The highest BCUT2D eigenvalue weighted by Gasteiger charge is 2.29. The molecule has 22 heavy (non-hydrogen) atoms. The molecule has 7 heteroatoms. The van der Waals surface area contributed by atoms with Gasteiger partial charge in [-0.15, -0.1) is 11.3 Å². The van der Waals surface area contributed by atoms with E-state index in [0.717, 1.165) is 23.3 Å². The monoisotopic (exact) mass is 324 g/mol. The predicted octanol–water partition coefficient (Wildman–Crippen LogP) is 2.48. The molecule has 0 radical (unpaired) electrons. The summed E-state index contributed by atoms with van der Waals surface area (Å²) in [6.45, 7) is 4.43. The van der Waals surface area contributed by atoms with Crippen LogP contribution in [0, 0.1) is 0 Å². The van der Waals surface area contributed by atoms with Gasteiger partial charge in [-0.3, -0.25) is 9.59 Å². The Morgan fingerprint density at radius 1 is 1.36 bits per heavy atom. The number of amides is 2. The van der Waals surface area contributed by atoms with E-state index in [2.05, 4.69) is 5.32 Å². The molecule has 1 aliphatic heterocycles. The third-order valence-electron chi connectivity index (χ3n) is 3.73. The van der Waals surface area contributed by atoms with Gasteiger partial charge in [-0.1, -0.05) is 13.3 Å². The summed E-state index contributed by atoms with van der Waals surface area (Å²) < 4.78 is 0. The van der Waals surface area contributed by atoms with E-state index in [4.69, 9.17) is 0 Å². The molecule has 0 saturated heterocycles. The number of nitrogens with zero attached hydrogens (tertiary/aromatic N) is 1. The number of rotatable bonds is 5. The van der Waals surface area contributed by atoms with Gasteiger partial charge in [-0.2, -0.15) is 0 Å².